The first-order chi connectivity index (χ1) is 12.5. The van der Waals surface area contributed by atoms with Gasteiger partial charge in [0.05, 0.1) is 0 Å². The Balaban J connectivity index is 1.42. The third-order valence-electron chi connectivity index (χ3n) is 5.28. The summed E-state index contributed by atoms with van der Waals surface area (Å²) < 4.78 is 5.55. The zero-order chi connectivity index (χ0) is 18.5. The molecule has 0 saturated carbocycles. The van der Waals surface area contributed by atoms with Crippen molar-refractivity contribution in [1.29, 1.82) is 0 Å². The summed E-state index contributed by atoms with van der Waals surface area (Å²) in [7, 11) is 2.18. The Morgan fingerprint density at radius 1 is 1.12 bits per heavy atom. The van der Waals surface area contributed by atoms with Gasteiger partial charge in [-0.25, -0.2) is 0 Å². The number of hydrogen-bond donors (Lipinski definition) is 1. The molecule has 0 spiro atoms. The normalized spacial score (nSPS) is 22.2. The SMILES string of the molecule is CN1CCCC(N2CCN(C(=O)COc3ccc(C(N)=O)cc3)CC2)C1. The number of primary amides is 1. The fourth-order valence-corrected chi connectivity index (χ4v) is 3.73. The van der Waals surface area contributed by atoms with E-state index in [1.54, 1.807) is 24.3 Å². The van der Waals surface area contributed by atoms with E-state index in [0.29, 0.717) is 17.4 Å². The van der Waals surface area contributed by atoms with Crippen LogP contribution in [0.15, 0.2) is 24.3 Å². The minimum atomic E-state index is -0.477. The van der Waals surface area contributed by atoms with Crippen molar-refractivity contribution in [2.75, 3.05) is 52.9 Å². The molecule has 26 heavy (non-hydrogen) atoms. The second-order valence-corrected chi connectivity index (χ2v) is 7.15. The standard InChI is InChI=1S/C19H28N4O3/c1-21-8-2-3-16(13-21)22-9-11-23(12-10-22)18(24)14-26-17-6-4-15(5-7-17)19(20)25/h4-7,16H,2-3,8-14H2,1H3,(H2,20,25). The number of rotatable bonds is 5. The van der Waals surface area contributed by atoms with Crippen LogP contribution in [0, 0.1) is 0 Å². The molecule has 2 saturated heterocycles. The molecule has 0 radical (unpaired) electrons. The lowest BCUT2D eigenvalue weighted by Crippen LogP contribution is -2.56. The van der Waals surface area contributed by atoms with Crippen molar-refractivity contribution in [3.8, 4) is 5.75 Å². The van der Waals surface area contributed by atoms with Crippen molar-refractivity contribution in [3.63, 3.8) is 0 Å². The number of carbonyl (C=O) groups excluding carboxylic acids is 2. The van der Waals surface area contributed by atoms with E-state index in [1.807, 2.05) is 4.90 Å². The third kappa shape index (κ3) is 4.74. The van der Waals surface area contributed by atoms with Crippen molar-refractivity contribution in [2.24, 2.45) is 5.73 Å². The number of amides is 2. The number of carbonyl (C=O) groups is 2. The molecule has 1 aromatic rings. The predicted molar refractivity (Wildman–Crippen MR) is 99.1 cm³/mol. The quantitative estimate of drug-likeness (QED) is 0.822. The van der Waals surface area contributed by atoms with Crippen molar-refractivity contribution >= 4 is 11.8 Å². The molecule has 1 aromatic carbocycles. The van der Waals surface area contributed by atoms with Gasteiger partial charge in [-0.2, -0.15) is 0 Å². The number of piperidine rings is 1. The minimum absolute atomic E-state index is 0.00406. The van der Waals surface area contributed by atoms with E-state index < -0.39 is 5.91 Å². The summed E-state index contributed by atoms with van der Waals surface area (Å²) in [6.07, 6.45) is 2.51. The molecule has 1 atom stereocenters. The van der Waals surface area contributed by atoms with Crippen molar-refractivity contribution < 1.29 is 14.3 Å². The van der Waals surface area contributed by atoms with Crippen molar-refractivity contribution in [1.82, 2.24) is 14.7 Å². The average Bonchev–Trinajstić information content (AvgIpc) is 2.66. The van der Waals surface area contributed by atoms with Crippen LogP contribution in [-0.2, 0) is 4.79 Å². The summed E-state index contributed by atoms with van der Waals surface area (Å²) in [6, 6.07) is 7.13. The number of likely N-dealkylation sites (N-methyl/N-ethyl adjacent to an activating group) is 1. The lowest BCUT2D eigenvalue weighted by Gasteiger charge is -2.42. The fourth-order valence-electron chi connectivity index (χ4n) is 3.73. The van der Waals surface area contributed by atoms with Gasteiger partial charge in [0.1, 0.15) is 5.75 Å². The van der Waals surface area contributed by atoms with Crippen molar-refractivity contribution in [3.05, 3.63) is 29.8 Å². The minimum Gasteiger partial charge on any atom is -0.484 e. The maximum absolute atomic E-state index is 12.4. The van der Waals surface area contributed by atoms with Crippen LogP contribution in [-0.4, -0.2) is 85.5 Å². The summed E-state index contributed by atoms with van der Waals surface area (Å²) in [5.41, 5.74) is 5.63. The molecule has 2 aliphatic heterocycles. The first kappa shape index (κ1) is 18.7. The van der Waals surface area contributed by atoms with Gasteiger partial charge in [0, 0.05) is 44.3 Å². The van der Waals surface area contributed by atoms with E-state index >= 15 is 0 Å². The highest BCUT2D eigenvalue weighted by Crippen LogP contribution is 2.17. The number of ether oxygens (including phenoxy) is 1. The van der Waals surface area contributed by atoms with Crippen LogP contribution in [0.2, 0.25) is 0 Å². The molecule has 2 aliphatic rings. The van der Waals surface area contributed by atoms with Gasteiger partial charge in [0.25, 0.3) is 5.91 Å². The molecule has 7 heteroatoms. The number of likely N-dealkylation sites (tertiary alicyclic amines) is 1. The highest BCUT2D eigenvalue weighted by molar-refractivity contribution is 5.92. The second kappa shape index (κ2) is 8.51. The van der Waals surface area contributed by atoms with Gasteiger partial charge in [-0.15, -0.1) is 0 Å². The first-order valence-electron chi connectivity index (χ1n) is 9.26. The summed E-state index contributed by atoms with van der Waals surface area (Å²) in [5, 5.41) is 0. The number of hydrogen-bond acceptors (Lipinski definition) is 5. The number of nitrogens with two attached hydrogens (primary N) is 1. The first-order valence-corrected chi connectivity index (χ1v) is 9.26. The van der Waals surface area contributed by atoms with E-state index in [9.17, 15) is 9.59 Å². The van der Waals surface area contributed by atoms with Crippen LogP contribution >= 0.6 is 0 Å². The predicted octanol–water partition coefficient (Wildman–Crippen LogP) is 0.403. The van der Waals surface area contributed by atoms with Gasteiger partial charge in [-0.05, 0) is 50.7 Å². The maximum atomic E-state index is 12.4. The molecule has 7 nitrogen and oxygen atoms in total. The van der Waals surface area contributed by atoms with E-state index in [1.165, 1.54) is 19.4 Å². The van der Waals surface area contributed by atoms with Crippen LogP contribution in [0.3, 0.4) is 0 Å². The van der Waals surface area contributed by atoms with Gasteiger partial charge >= 0.3 is 0 Å². The maximum Gasteiger partial charge on any atom is 0.260 e. The Kier molecular flexibility index (Phi) is 6.11. The topological polar surface area (TPSA) is 79.1 Å². The van der Waals surface area contributed by atoms with Crippen LogP contribution in [0.4, 0.5) is 0 Å². The zero-order valence-electron chi connectivity index (χ0n) is 15.4. The molecule has 0 aromatic heterocycles. The highest BCUT2D eigenvalue weighted by atomic mass is 16.5. The Hall–Kier alpha value is -2.12. The highest BCUT2D eigenvalue weighted by Gasteiger charge is 2.28. The van der Waals surface area contributed by atoms with E-state index in [4.69, 9.17) is 10.5 Å². The summed E-state index contributed by atoms with van der Waals surface area (Å²) in [4.78, 5) is 30.2. The smallest absolute Gasteiger partial charge is 0.260 e. The van der Waals surface area contributed by atoms with E-state index in [0.717, 1.165) is 32.7 Å². The third-order valence-corrected chi connectivity index (χ3v) is 5.28. The summed E-state index contributed by atoms with van der Waals surface area (Å²) in [6.45, 7) is 5.69. The molecule has 2 N–H and O–H groups in total. The van der Waals surface area contributed by atoms with Crippen LogP contribution in [0.25, 0.3) is 0 Å². The molecule has 0 aliphatic carbocycles. The Labute approximate surface area is 154 Å². The Bertz CT molecular complexity index is 626. The second-order valence-electron chi connectivity index (χ2n) is 7.15. The monoisotopic (exact) mass is 360 g/mol. The van der Waals surface area contributed by atoms with E-state index in [-0.39, 0.29) is 12.5 Å². The van der Waals surface area contributed by atoms with Gasteiger partial charge in [0.15, 0.2) is 6.61 Å². The molecule has 142 valence electrons. The lowest BCUT2D eigenvalue weighted by atomic mass is 10.0. The zero-order valence-corrected chi connectivity index (χ0v) is 15.4. The van der Waals surface area contributed by atoms with Gasteiger partial charge in [-0.3, -0.25) is 14.5 Å². The fraction of sp³-hybridized carbons (Fsp3) is 0.579. The number of piperazine rings is 1. The average molecular weight is 360 g/mol. The Morgan fingerprint density at radius 3 is 2.42 bits per heavy atom. The lowest BCUT2D eigenvalue weighted by molar-refractivity contribution is -0.135. The van der Waals surface area contributed by atoms with Crippen LogP contribution < -0.4 is 10.5 Å². The number of nitrogens with zero attached hydrogens (tertiary/aromatic N) is 3. The molecule has 2 fully saturated rings. The molecule has 1 unspecified atom stereocenters. The molecule has 2 heterocycles. The van der Waals surface area contributed by atoms with Gasteiger partial charge < -0.3 is 20.3 Å². The molecular weight excluding hydrogens is 332 g/mol. The summed E-state index contributed by atoms with van der Waals surface area (Å²) >= 11 is 0. The largest absolute Gasteiger partial charge is 0.484 e. The number of benzene rings is 1. The van der Waals surface area contributed by atoms with Crippen LogP contribution in [0.5, 0.6) is 5.75 Å². The molecule has 2 amide bonds. The van der Waals surface area contributed by atoms with Gasteiger partial charge in [0.2, 0.25) is 5.91 Å². The van der Waals surface area contributed by atoms with Gasteiger partial charge in [-0.1, -0.05) is 0 Å². The molecular formula is C19H28N4O3. The van der Waals surface area contributed by atoms with E-state index in [2.05, 4.69) is 16.8 Å². The molecule has 0 bridgehead atoms. The molecule has 3 rings (SSSR count). The summed E-state index contributed by atoms with van der Waals surface area (Å²) in [5.74, 6) is 0.0891. The Morgan fingerprint density at radius 2 is 1.81 bits per heavy atom. The van der Waals surface area contributed by atoms with Crippen molar-refractivity contribution in [2.45, 2.75) is 18.9 Å². The van der Waals surface area contributed by atoms with Crippen LogP contribution in [0.1, 0.15) is 23.2 Å².